The van der Waals surface area contributed by atoms with Crippen LogP contribution in [0, 0.1) is 12.8 Å². The van der Waals surface area contributed by atoms with Gasteiger partial charge in [0.25, 0.3) is 0 Å². The summed E-state index contributed by atoms with van der Waals surface area (Å²) in [5.74, 6) is 0.957. The van der Waals surface area contributed by atoms with Gasteiger partial charge in [-0.1, -0.05) is 0 Å². The van der Waals surface area contributed by atoms with Crippen molar-refractivity contribution in [1.82, 2.24) is 15.2 Å². The second kappa shape index (κ2) is 5.04. The van der Waals surface area contributed by atoms with Crippen LogP contribution in [0.4, 0.5) is 0 Å². The van der Waals surface area contributed by atoms with Gasteiger partial charge in [-0.15, -0.1) is 11.3 Å². The minimum absolute atomic E-state index is 0.741. The maximum absolute atomic E-state index is 4.35. The van der Waals surface area contributed by atoms with Crippen LogP contribution < -0.4 is 5.32 Å². The molecule has 1 saturated heterocycles. The lowest BCUT2D eigenvalue weighted by molar-refractivity contribution is 0.252. The maximum Gasteiger partial charge on any atom is 0.0798 e. The SMILES string of the molecule is Cc1ncsc1CN1CCCNC(C2CC2)C1. The number of thiazole rings is 1. The van der Waals surface area contributed by atoms with Crippen LogP contribution in [0.1, 0.15) is 29.8 Å². The third-order valence-electron chi connectivity index (χ3n) is 3.92. The molecule has 3 nitrogen and oxygen atoms in total. The lowest BCUT2D eigenvalue weighted by Crippen LogP contribution is -2.38. The van der Waals surface area contributed by atoms with Crippen LogP contribution in [0.2, 0.25) is 0 Å². The zero-order valence-electron chi connectivity index (χ0n) is 10.5. The van der Waals surface area contributed by atoms with Crippen molar-refractivity contribution in [3.8, 4) is 0 Å². The second-order valence-corrected chi connectivity index (χ2v) is 6.29. The van der Waals surface area contributed by atoms with Crippen molar-refractivity contribution in [3.05, 3.63) is 16.1 Å². The van der Waals surface area contributed by atoms with E-state index in [1.807, 2.05) is 5.51 Å². The highest BCUT2D eigenvalue weighted by atomic mass is 32.1. The van der Waals surface area contributed by atoms with Gasteiger partial charge < -0.3 is 5.32 Å². The standard InChI is InChI=1S/C13H21N3S/c1-10-13(17-9-15-10)8-16-6-2-5-14-12(7-16)11-3-4-11/h9,11-12,14H,2-8H2,1H3. The fraction of sp³-hybridized carbons (Fsp3) is 0.769. The summed E-state index contributed by atoms with van der Waals surface area (Å²) in [6, 6.07) is 0.741. The van der Waals surface area contributed by atoms with Gasteiger partial charge in [-0.2, -0.15) is 0 Å². The van der Waals surface area contributed by atoms with Gasteiger partial charge in [-0.05, 0) is 45.2 Å². The van der Waals surface area contributed by atoms with Crippen molar-refractivity contribution in [3.63, 3.8) is 0 Å². The van der Waals surface area contributed by atoms with Crippen LogP contribution in [-0.2, 0) is 6.54 Å². The normalized spacial score (nSPS) is 27.0. The first kappa shape index (κ1) is 11.6. The molecule has 3 rings (SSSR count). The number of hydrogen-bond donors (Lipinski definition) is 1. The Morgan fingerprint density at radius 3 is 3.12 bits per heavy atom. The topological polar surface area (TPSA) is 28.2 Å². The lowest BCUT2D eigenvalue weighted by Gasteiger charge is -2.23. The number of hydrogen-bond acceptors (Lipinski definition) is 4. The molecule has 1 saturated carbocycles. The Bertz CT molecular complexity index is 372. The van der Waals surface area contributed by atoms with Crippen molar-refractivity contribution in [1.29, 1.82) is 0 Å². The van der Waals surface area contributed by atoms with Crippen LogP contribution in [0.25, 0.3) is 0 Å². The zero-order chi connectivity index (χ0) is 11.7. The van der Waals surface area contributed by atoms with E-state index in [2.05, 4.69) is 22.1 Å². The maximum atomic E-state index is 4.35. The van der Waals surface area contributed by atoms with Gasteiger partial charge in [-0.3, -0.25) is 4.90 Å². The Balaban J connectivity index is 1.63. The third kappa shape index (κ3) is 2.87. The summed E-state index contributed by atoms with van der Waals surface area (Å²) < 4.78 is 0. The Labute approximate surface area is 107 Å². The average molecular weight is 251 g/mol. The fourth-order valence-corrected chi connectivity index (χ4v) is 3.48. The van der Waals surface area contributed by atoms with Crippen LogP contribution in [0.5, 0.6) is 0 Å². The van der Waals surface area contributed by atoms with Crippen LogP contribution in [0.3, 0.4) is 0 Å². The van der Waals surface area contributed by atoms with E-state index in [4.69, 9.17) is 0 Å². The summed E-state index contributed by atoms with van der Waals surface area (Å²) in [4.78, 5) is 8.41. The Morgan fingerprint density at radius 1 is 1.53 bits per heavy atom. The van der Waals surface area contributed by atoms with E-state index in [9.17, 15) is 0 Å². The molecule has 2 fully saturated rings. The molecule has 1 aliphatic heterocycles. The first-order chi connectivity index (χ1) is 8.33. The number of rotatable bonds is 3. The second-order valence-electron chi connectivity index (χ2n) is 5.35. The molecule has 0 radical (unpaired) electrons. The molecule has 1 atom stereocenters. The third-order valence-corrected chi connectivity index (χ3v) is 4.84. The predicted octanol–water partition coefficient (Wildman–Crippen LogP) is 2.03. The van der Waals surface area contributed by atoms with Crippen LogP contribution >= 0.6 is 11.3 Å². The minimum atomic E-state index is 0.741. The highest BCUT2D eigenvalue weighted by Gasteiger charge is 2.33. The molecule has 1 aliphatic carbocycles. The largest absolute Gasteiger partial charge is 0.312 e. The molecule has 1 aromatic rings. The smallest absolute Gasteiger partial charge is 0.0798 e. The molecule has 0 amide bonds. The van der Waals surface area contributed by atoms with Crippen molar-refractivity contribution < 1.29 is 0 Å². The number of aryl methyl sites for hydroxylation is 1. The van der Waals surface area contributed by atoms with Crippen molar-refractivity contribution in [2.24, 2.45) is 5.92 Å². The highest BCUT2D eigenvalue weighted by Crippen LogP contribution is 2.33. The van der Waals surface area contributed by atoms with E-state index < -0.39 is 0 Å². The molecule has 0 spiro atoms. The van der Waals surface area contributed by atoms with Gasteiger partial charge >= 0.3 is 0 Å². The van der Waals surface area contributed by atoms with E-state index >= 15 is 0 Å². The summed E-state index contributed by atoms with van der Waals surface area (Å²) >= 11 is 1.80. The molecule has 1 aromatic heterocycles. The van der Waals surface area contributed by atoms with Crippen molar-refractivity contribution >= 4 is 11.3 Å². The molecule has 2 aliphatic rings. The molecule has 2 heterocycles. The lowest BCUT2D eigenvalue weighted by atomic mass is 10.2. The number of nitrogens with one attached hydrogen (secondary N) is 1. The van der Waals surface area contributed by atoms with E-state index in [1.54, 1.807) is 11.3 Å². The van der Waals surface area contributed by atoms with Crippen LogP contribution in [0.15, 0.2) is 5.51 Å². The molecule has 1 unspecified atom stereocenters. The van der Waals surface area contributed by atoms with E-state index in [1.165, 1.54) is 49.5 Å². The summed E-state index contributed by atoms with van der Waals surface area (Å²) in [6.45, 7) is 6.87. The van der Waals surface area contributed by atoms with Gasteiger partial charge in [-0.25, -0.2) is 4.98 Å². The van der Waals surface area contributed by atoms with Gasteiger partial charge in [0.15, 0.2) is 0 Å². The summed E-state index contributed by atoms with van der Waals surface area (Å²) in [5, 5.41) is 3.71. The van der Waals surface area contributed by atoms with Gasteiger partial charge in [0.05, 0.1) is 11.2 Å². The van der Waals surface area contributed by atoms with E-state index in [0.717, 1.165) is 18.5 Å². The Kier molecular flexibility index (Phi) is 3.45. The zero-order valence-corrected chi connectivity index (χ0v) is 11.3. The van der Waals surface area contributed by atoms with Gasteiger partial charge in [0.2, 0.25) is 0 Å². The van der Waals surface area contributed by atoms with E-state index in [-0.39, 0.29) is 0 Å². The highest BCUT2D eigenvalue weighted by molar-refractivity contribution is 7.09. The molecule has 17 heavy (non-hydrogen) atoms. The number of nitrogens with zero attached hydrogens (tertiary/aromatic N) is 2. The van der Waals surface area contributed by atoms with Gasteiger partial charge in [0, 0.05) is 24.0 Å². The van der Waals surface area contributed by atoms with Crippen molar-refractivity contribution in [2.75, 3.05) is 19.6 Å². The molecule has 0 bridgehead atoms. The molecular formula is C13H21N3S. The average Bonchev–Trinajstić information content (AvgIpc) is 3.09. The monoisotopic (exact) mass is 251 g/mol. The summed E-state index contributed by atoms with van der Waals surface area (Å²) in [5.41, 5.74) is 3.19. The molecule has 94 valence electrons. The summed E-state index contributed by atoms with van der Waals surface area (Å²) in [6.07, 6.45) is 4.15. The Hall–Kier alpha value is -0.450. The van der Waals surface area contributed by atoms with E-state index in [0.29, 0.717) is 0 Å². The number of aromatic nitrogens is 1. The molecular weight excluding hydrogens is 230 g/mol. The summed E-state index contributed by atoms with van der Waals surface area (Å²) in [7, 11) is 0. The van der Waals surface area contributed by atoms with Gasteiger partial charge in [0.1, 0.15) is 0 Å². The molecule has 1 N–H and O–H groups in total. The first-order valence-electron chi connectivity index (χ1n) is 6.67. The minimum Gasteiger partial charge on any atom is -0.312 e. The molecule has 0 aromatic carbocycles. The first-order valence-corrected chi connectivity index (χ1v) is 7.55. The fourth-order valence-electron chi connectivity index (χ4n) is 2.66. The van der Waals surface area contributed by atoms with Crippen LogP contribution in [-0.4, -0.2) is 35.6 Å². The Morgan fingerprint density at radius 2 is 2.41 bits per heavy atom. The van der Waals surface area contributed by atoms with Crippen molar-refractivity contribution in [2.45, 2.75) is 38.8 Å². The molecule has 4 heteroatoms. The predicted molar refractivity (Wildman–Crippen MR) is 71.3 cm³/mol. The quantitative estimate of drug-likeness (QED) is 0.891.